The molecule has 2 aliphatic heterocycles. The normalized spacial score (nSPS) is 22.9. The number of amides is 2. The highest BCUT2D eigenvalue weighted by atomic mass is 16.7. The van der Waals surface area contributed by atoms with Crippen LogP contribution in [-0.4, -0.2) is 85.8 Å². The first-order chi connectivity index (χ1) is 20.0. The van der Waals surface area contributed by atoms with E-state index in [2.05, 4.69) is 25.6 Å². The van der Waals surface area contributed by atoms with Crippen LogP contribution in [0.2, 0.25) is 0 Å². The molecule has 6 rings (SSSR count). The first kappa shape index (κ1) is 26.6. The lowest BCUT2D eigenvalue weighted by Gasteiger charge is -2.29. The topological polar surface area (TPSA) is 179 Å². The number of hydrogen-bond donors (Lipinski definition) is 4. The lowest BCUT2D eigenvalue weighted by molar-refractivity contribution is -0.185. The Morgan fingerprint density at radius 1 is 0.976 bits per heavy atom. The zero-order valence-electron chi connectivity index (χ0n) is 21.5. The number of hydrogen-bond acceptors (Lipinski definition) is 11. The predicted octanol–water partition coefficient (Wildman–Crippen LogP) is 0.881. The molecule has 2 amide bonds. The van der Waals surface area contributed by atoms with E-state index in [0.29, 0.717) is 11.5 Å². The summed E-state index contributed by atoms with van der Waals surface area (Å²) in [5, 5.41) is 25.7. The molecule has 4 atom stereocenters. The van der Waals surface area contributed by atoms with Crippen LogP contribution in [-0.2, 0) is 19.1 Å². The Morgan fingerprint density at radius 2 is 1.61 bits per heavy atom. The van der Waals surface area contributed by atoms with Crippen LogP contribution in [0, 0.1) is 0 Å². The third kappa shape index (κ3) is 5.28. The fourth-order valence-electron chi connectivity index (χ4n) is 4.66. The first-order valence-corrected chi connectivity index (χ1v) is 12.7. The zero-order chi connectivity index (χ0) is 28.4. The summed E-state index contributed by atoms with van der Waals surface area (Å²) in [7, 11) is 0. The Balaban J connectivity index is 1.26. The molecule has 14 nitrogen and oxygen atoms in total. The largest absolute Gasteiger partial charge is 0.484 e. The molecule has 212 valence electrons. The third-order valence-corrected chi connectivity index (χ3v) is 6.71. The highest BCUT2D eigenvalue weighted by Gasteiger charge is 2.61. The molecule has 2 aliphatic rings. The molecule has 2 aromatic heterocycles. The van der Waals surface area contributed by atoms with Crippen LogP contribution in [0.4, 0.5) is 11.8 Å². The molecule has 2 fully saturated rings. The molecule has 2 bridgehead atoms. The van der Waals surface area contributed by atoms with E-state index in [0.717, 1.165) is 0 Å². The Kier molecular flexibility index (Phi) is 7.19. The number of nitrogens with zero attached hydrogens (tertiary/aromatic N) is 4. The van der Waals surface area contributed by atoms with Crippen molar-refractivity contribution in [3.63, 3.8) is 0 Å². The van der Waals surface area contributed by atoms with Gasteiger partial charge in [-0.3, -0.25) is 19.5 Å². The summed E-state index contributed by atoms with van der Waals surface area (Å²) < 4.78 is 24.2. The number of anilines is 2. The fraction of sp³-hybridized carbons (Fsp3) is 0.296. The van der Waals surface area contributed by atoms with Gasteiger partial charge in [0.2, 0.25) is 5.95 Å². The molecule has 0 radical (unpaired) electrons. The lowest BCUT2D eigenvalue weighted by atomic mass is 10.0. The van der Waals surface area contributed by atoms with E-state index >= 15 is 0 Å². The van der Waals surface area contributed by atoms with Gasteiger partial charge in [-0.15, -0.1) is 0 Å². The number of carbonyl (C=O) groups is 2. The average molecular weight is 563 g/mol. The van der Waals surface area contributed by atoms with Crippen molar-refractivity contribution in [1.82, 2.24) is 19.5 Å². The quantitative estimate of drug-likeness (QED) is 0.216. The van der Waals surface area contributed by atoms with Gasteiger partial charge in [0.15, 0.2) is 36.4 Å². The van der Waals surface area contributed by atoms with E-state index in [1.807, 2.05) is 12.1 Å². The summed E-state index contributed by atoms with van der Waals surface area (Å²) in [6.45, 7) is -1.05. The summed E-state index contributed by atoms with van der Waals surface area (Å²) >= 11 is 0. The number of rotatable bonds is 10. The van der Waals surface area contributed by atoms with Crippen molar-refractivity contribution in [2.45, 2.75) is 24.0 Å². The van der Waals surface area contributed by atoms with Gasteiger partial charge in [0, 0.05) is 0 Å². The number of aliphatic hydroxyl groups excluding tert-OH is 2. The van der Waals surface area contributed by atoms with Crippen LogP contribution in [0.1, 0.15) is 6.23 Å². The Hall–Kier alpha value is -4.63. The van der Waals surface area contributed by atoms with Crippen LogP contribution in [0.15, 0.2) is 67.0 Å². The highest BCUT2D eigenvalue weighted by Crippen LogP contribution is 2.45. The number of aromatic nitrogens is 4. The minimum absolute atomic E-state index is 0.0104. The summed E-state index contributed by atoms with van der Waals surface area (Å²) in [5.74, 6) is -0.178. The van der Waals surface area contributed by atoms with E-state index in [-0.39, 0.29) is 42.8 Å². The van der Waals surface area contributed by atoms with E-state index < -0.39 is 42.5 Å². The average Bonchev–Trinajstić information content (AvgIpc) is 3.65. The molecule has 4 N–H and O–H groups in total. The van der Waals surface area contributed by atoms with Gasteiger partial charge in [0.05, 0.1) is 19.5 Å². The molecule has 0 spiro atoms. The van der Waals surface area contributed by atoms with E-state index in [9.17, 15) is 19.8 Å². The van der Waals surface area contributed by atoms with Crippen LogP contribution in [0.25, 0.3) is 11.2 Å². The molecule has 4 heterocycles. The SMILES string of the molecule is O=C(COc1ccccc1)Nc1nc(NC(=O)COc2ccccc2)c2ncn([C@@H]3O[C@@]4(CO)CO[C@@H]3[C@@H]4O)c2n1. The van der Waals surface area contributed by atoms with Crippen molar-refractivity contribution in [3.05, 3.63) is 67.0 Å². The molecular weight excluding hydrogens is 536 g/mol. The molecule has 4 aromatic rings. The summed E-state index contributed by atoms with van der Waals surface area (Å²) in [5.41, 5.74) is -0.910. The predicted molar refractivity (Wildman–Crippen MR) is 142 cm³/mol. The third-order valence-electron chi connectivity index (χ3n) is 6.71. The number of nitrogens with one attached hydrogen (secondary N) is 2. The number of ether oxygens (including phenoxy) is 4. The molecule has 2 saturated heterocycles. The summed E-state index contributed by atoms with van der Waals surface area (Å²) in [6, 6.07) is 17.6. The minimum atomic E-state index is -1.28. The Bertz CT molecular complexity index is 1550. The Morgan fingerprint density at radius 3 is 2.22 bits per heavy atom. The van der Waals surface area contributed by atoms with Gasteiger partial charge in [-0.05, 0) is 24.3 Å². The van der Waals surface area contributed by atoms with Gasteiger partial charge in [-0.25, -0.2) is 4.98 Å². The van der Waals surface area contributed by atoms with Crippen LogP contribution in [0.5, 0.6) is 11.5 Å². The maximum atomic E-state index is 12.8. The standard InChI is InChI=1S/C27H26N6O8/c34-13-27-14-40-21(22(27)37)25(41-27)33-15-28-20-23(29-18(35)11-38-16-7-3-1-4-8-16)31-26(32-24(20)33)30-19(36)12-39-17-9-5-2-6-10-17/h1-10,15,21-22,25,34,37H,11-14H2,(H2,29,30,31,32,35,36)/t21-,22+,25-,27+/m1/s1. The van der Waals surface area contributed by atoms with Crippen LogP contribution < -0.4 is 20.1 Å². The molecule has 0 unspecified atom stereocenters. The van der Waals surface area contributed by atoms with Crippen molar-refractivity contribution in [1.29, 1.82) is 0 Å². The molecule has 2 aromatic carbocycles. The van der Waals surface area contributed by atoms with E-state index in [4.69, 9.17) is 18.9 Å². The molecule has 0 aliphatic carbocycles. The number of aliphatic hydroxyl groups is 2. The number of fused-ring (bicyclic) bond motifs is 3. The van der Waals surface area contributed by atoms with Gasteiger partial charge in [-0.1, -0.05) is 36.4 Å². The van der Waals surface area contributed by atoms with E-state index in [1.165, 1.54) is 10.9 Å². The minimum Gasteiger partial charge on any atom is -0.484 e. The van der Waals surface area contributed by atoms with Crippen LogP contribution >= 0.6 is 0 Å². The van der Waals surface area contributed by atoms with Gasteiger partial charge in [0.25, 0.3) is 11.8 Å². The van der Waals surface area contributed by atoms with Gasteiger partial charge in [-0.2, -0.15) is 9.97 Å². The fourth-order valence-corrected chi connectivity index (χ4v) is 4.66. The van der Waals surface area contributed by atoms with Crippen molar-refractivity contribution >= 4 is 34.7 Å². The second kappa shape index (κ2) is 11.1. The van der Waals surface area contributed by atoms with Crippen molar-refractivity contribution in [2.75, 3.05) is 37.1 Å². The zero-order valence-corrected chi connectivity index (χ0v) is 21.5. The number of benzene rings is 2. The maximum Gasteiger partial charge on any atom is 0.264 e. The second-order valence-corrected chi connectivity index (χ2v) is 9.47. The monoisotopic (exact) mass is 562 g/mol. The van der Waals surface area contributed by atoms with Gasteiger partial charge >= 0.3 is 0 Å². The van der Waals surface area contributed by atoms with Crippen molar-refractivity contribution in [2.24, 2.45) is 0 Å². The van der Waals surface area contributed by atoms with Crippen molar-refractivity contribution in [3.8, 4) is 11.5 Å². The van der Waals surface area contributed by atoms with E-state index in [1.54, 1.807) is 48.5 Å². The number of para-hydroxylation sites is 2. The van der Waals surface area contributed by atoms with Crippen LogP contribution in [0.3, 0.4) is 0 Å². The molecule has 14 heteroatoms. The first-order valence-electron chi connectivity index (χ1n) is 12.7. The maximum absolute atomic E-state index is 12.8. The number of imidazole rings is 1. The summed E-state index contributed by atoms with van der Waals surface area (Å²) in [6.07, 6.45) is -1.38. The second-order valence-electron chi connectivity index (χ2n) is 9.47. The Labute approximate surface area is 232 Å². The van der Waals surface area contributed by atoms with Gasteiger partial charge < -0.3 is 34.5 Å². The lowest BCUT2D eigenvalue weighted by Crippen LogP contribution is -2.44. The number of carbonyl (C=O) groups excluding carboxylic acids is 2. The summed E-state index contributed by atoms with van der Waals surface area (Å²) in [4.78, 5) is 38.5. The highest BCUT2D eigenvalue weighted by molar-refractivity contribution is 5.99. The van der Waals surface area contributed by atoms with Crippen molar-refractivity contribution < 1.29 is 38.7 Å². The molecular formula is C27H26N6O8. The van der Waals surface area contributed by atoms with Gasteiger partial charge in [0.1, 0.15) is 29.3 Å². The molecule has 0 saturated carbocycles. The smallest absolute Gasteiger partial charge is 0.264 e. The molecule has 41 heavy (non-hydrogen) atoms.